The smallest absolute Gasteiger partial charge is 0.475 e. The summed E-state index contributed by atoms with van der Waals surface area (Å²) in [7, 11) is -0.270. The number of aromatic nitrogens is 11. The molecule has 2 N–H and O–H groups in total. The van der Waals surface area contributed by atoms with E-state index in [0.29, 0.717) is 35.9 Å². The fourth-order valence-corrected chi connectivity index (χ4v) is 19.6. The lowest BCUT2D eigenvalue weighted by Crippen LogP contribution is -2.41. The molecular weight excluding hydrogens is 1740 g/mol. The van der Waals surface area contributed by atoms with E-state index < -0.39 is 24.3 Å². The van der Waals surface area contributed by atoms with Crippen LogP contribution in [0.2, 0.25) is 0 Å². The SMILES string of the molecule is CC1(C)OB(c2ccn(C3CCOC3)c2)OC1(C)C.Fc1cccc2c1C(C1CCN(c3ccc(-c4cnn(C5CCOC5)c4)cc3)CC1)n1cncc1-2.Fc1cccc2c1C(C1CCN(c3ccc(-c4cnn(C5CCOC5)c4)cc3)CC1)n1cncc1-2.Fc1cccc2c1C(C1CCN(c3ccc(Br)cc3)CC1)n1cncc1-2.O=C(O)C(F)(F)F.O=C(O)C(F)(F)F. The van der Waals surface area contributed by atoms with Gasteiger partial charge >= 0.3 is 31.4 Å². The molecular formula is C95H99BBrF9N14O9. The maximum absolute atomic E-state index is 14.9. The van der Waals surface area contributed by atoms with Gasteiger partial charge in [0.05, 0.1) is 134 Å². The molecule has 12 aromatic rings. The molecule has 7 saturated heterocycles. The van der Waals surface area contributed by atoms with Gasteiger partial charge in [-0.05, 0) is 187 Å². The minimum Gasteiger partial charge on any atom is -0.475 e. The second-order valence-electron chi connectivity index (χ2n) is 35.1. The first-order valence-corrected chi connectivity index (χ1v) is 44.4. The molecule has 6 aromatic carbocycles. The standard InChI is InChI=1S/2C28H28FN5O.C21H19BrFN3.C14H22BNO3.2C2HF3O2/c2*29-25-3-1-2-24-26-15-30-18-33(26)28(27(24)25)20-8-11-32(12-9-20)22-6-4-19(5-7-22)21-14-31-34(16-21)23-10-13-35-17-23;22-15-4-6-16(7-5-15)25-10-8-14(9-11-25)21-20-17(2-1-3-18(20)23)19-12-24-13-26(19)21;1-13(2)14(3,4)19-15(18-13)11-5-7-16(9-11)12-6-8-17-10-12;2*3-2(4,5)1(6)7/h2*1-7,14-16,18,20,23,28H,8-13,17H2;1-7,12-14,21H,8-11H2;5,7,9,12H,6,8,10H2,1-4H3;2*(H,6,7). The van der Waals surface area contributed by atoms with Crippen LogP contribution >= 0.6 is 15.9 Å². The van der Waals surface area contributed by atoms with E-state index in [1.807, 2.05) is 77.5 Å². The number of carbonyl (C=O) groups is 2. The van der Waals surface area contributed by atoms with Gasteiger partial charge in [0, 0.05) is 155 Å². The third-order valence-corrected chi connectivity index (χ3v) is 27.4. The van der Waals surface area contributed by atoms with Gasteiger partial charge in [-0.3, -0.25) is 9.36 Å². The molecule has 0 aliphatic carbocycles. The number of piperidine rings is 3. The van der Waals surface area contributed by atoms with Crippen molar-refractivity contribution < 1.29 is 82.8 Å². The number of hydrogen-bond acceptors (Lipinski definition) is 15. The molecule has 0 bridgehead atoms. The molecule has 129 heavy (non-hydrogen) atoms. The summed E-state index contributed by atoms with van der Waals surface area (Å²) in [5.41, 5.74) is 17.5. The monoisotopic (exact) mass is 1840 g/mol. The number of imidazole rings is 3. The number of rotatable bonds is 12. The number of alkyl halides is 6. The highest BCUT2D eigenvalue weighted by atomic mass is 79.9. The number of halogens is 10. The van der Waals surface area contributed by atoms with Gasteiger partial charge in [0.15, 0.2) is 0 Å². The van der Waals surface area contributed by atoms with Crippen LogP contribution in [0.15, 0.2) is 213 Å². The Morgan fingerprint density at radius 1 is 0.426 bits per heavy atom. The summed E-state index contributed by atoms with van der Waals surface area (Å²) in [6.07, 6.45) is 22.7. The molecule has 10 aliphatic rings. The second-order valence-corrected chi connectivity index (χ2v) is 36.0. The topological polar surface area (TPSA) is 224 Å². The van der Waals surface area contributed by atoms with Crippen molar-refractivity contribution in [2.45, 2.75) is 145 Å². The third-order valence-electron chi connectivity index (χ3n) is 26.9. The number of anilines is 3. The first-order chi connectivity index (χ1) is 62.0. The minimum atomic E-state index is -5.08. The number of carboxylic acid groups (broad SMARTS) is 2. The van der Waals surface area contributed by atoms with Crippen LogP contribution in [-0.2, 0) is 33.1 Å². The number of ether oxygens (including phenoxy) is 3. The van der Waals surface area contributed by atoms with Crippen molar-refractivity contribution in [3.05, 3.63) is 247 Å². The van der Waals surface area contributed by atoms with Gasteiger partial charge in [-0.25, -0.2) is 37.7 Å². The molecule has 10 aliphatic heterocycles. The predicted molar refractivity (Wildman–Crippen MR) is 473 cm³/mol. The van der Waals surface area contributed by atoms with Crippen LogP contribution in [0.4, 0.5) is 56.6 Å². The zero-order chi connectivity index (χ0) is 90.2. The van der Waals surface area contributed by atoms with Crippen LogP contribution in [0, 0.1) is 35.2 Å². The molecule has 7 fully saturated rings. The Balaban J connectivity index is 0.000000117. The molecule has 0 spiro atoms. The van der Waals surface area contributed by atoms with Gasteiger partial charge in [0.25, 0.3) is 0 Å². The van der Waals surface area contributed by atoms with E-state index in [1.54, 1.807) is 36.4 Å². The van der Waals surface area contributed by atoms with Gasteiger partial charge in [-0.15, -0.1) is 0 Å². The highest BCUT2D eigenvalue weighted by molar-refractivity contribution is 9.10. The highest BCUT2D eigenvalue weighted by Gasteiger charge is 2.52. The summed E-state index contributed by atoms with van der Waals surface area (Å²) in [5, 5.41) is 23.4. The Morgan fingerprint density at radius 2 is 0.752 bits per heavy atom. The van der Waals surface area contributed by atoms with Gasteiger partial charge in [0.2, 0.25) is 0 Å². The fourth-order valence-electron chi connectivity index (χ4n) is 19.4. The summed E-state index contributed by atoms with van der Waals surface area (Å²) in [6, 6.07) is 45.7. The molecule has 0 radical (unpaired) electrons. The van der Waals surface area contributed by atoms with Crippen molar-refractivity contribution in [3.63, 3.8) is 0 Å². The van der Waals surface area contributed by atoms with Crippen LogP contribution in [0.25, 0.3) is 56.0 Å². The van der Waals surface area contributed by atoms with Gasteiger partial charge in [0.1, 0.15) is 17.5 Å². The molecule has 676 valence electrons. The fraction of sp³-hybridized carbons (Fsp3) is 0.400. The van der Waals surface area contributed by atoms with Crippen LogP contribution < -0.4 is 20.2 Å². The van der Waals surface area contributed by atoms with Crippen molar-refractivity contribution >= 4 is 57.5 Å². The lowest BCUT2D eigenvalue weighted by Gasteiger charge is -2.37. The average Bonchev–Trinajstić information content (AvgIpc) is 1.60. The van der Waals surface area contributed by atoms with E-state index >= 15 is 0 Å². The number of hydrogen-bond donors (Lipinski definition) is 2. The quantitative estimate of drug-likeness (QED) is 0.0856. The van der Waals surface area contributed by atoms with Crippen molar-refractivity contribution in [1.82, 2.24) is 52.8 Å². The molecule has 23 nitrogen and oxygen atoms in total. The molecule has 0 saturated carbocycles. The van der Waals surface area contributed by atoms with Crippen LogP contribution in [0.3, 0.4) is 0 Å². The summed E-state index contributed by atoms with van der Waals surface area (Å²) in [6.45, 7) is 19.0. The first-order valence-electron chi connectivity index (χ1n) is 43.6. The first kappa shape index (κ1) is 89.7. The minimum absolute atomic E-state index is 0.0371. The van der Waals surface area contributed by atoms with Crippen molar-refractivity contribution in [2.24, 2.45) is 17.8 Å². The normalized spacial score (nSPS) is 21.3. The number of aliphatic carboxylic acids is 2. The lowest BCUT2D eigenvalue weighted by atomic mass is 9.81. The van der Waals surface area contributed by atoms with Crippen molar-refractivity contribution in [2.75, 3.05) is 93.6 Å². The summed E-state index contributed by atoms with van der Waals surface area (Å²) in [5.74, 6) is -4.60. The summed E-state index contributed by atoms with van der Waals surface area (Å²) >= 11 is 3.49. The Bertz CT molecular complexity index is 5630. The number of fused-ring (bicyclic) bond motifs is 9. The maximum Gasteiger partial charge on any atom is 0.496 e. The summed E-state index contributed by atoms with van der Waals surface area (Å²) < 4.78 is 150. The Labute approximate surface area is 748 Å². The van der Waals surface area contributed by atoms with Crippen LogP contribution in [0.1, 0.15) is 138 Å². The number of benzene rings is 6. The molecule has 22 rings (SSSR count). The molecule has 0 amide bonds. The Morgan fingerprint density at radius 3 is 1.07 bits per heavy atom. The predicted octanol–water partition coefficient (Wildman–Crippen LogP) is 19.0. The van der Waals surface area contributed by atoms with E-state index in [4.69, 9.17) is 43.3 Å². The van der Waals surface area contributed by atoms with Gasteiger partial charge < -0.3 is 66.7 Å². The molecule has 6 aromatic heterocycles. The Kier molecular flexibility index (Phi) is 26.2. The van der Waals surface area contributed by atoms with Gasteiger partial charge in [-0.2, -0.15) is 36.5 Å². The molecule has 6 atom stereocenters. The lowest BCUT2D eigenvalue weighted by molar-refractivity contribution is -0.193. The third kappa shape index (κ3) is 19.1. The number of carboxylic acids is 2. The average molecular weight is 1840 g/mol. The van der Waals surface area contributed by atoms with E-state index in [-0.39, 0.29) is 53.9 Å². The molecule has 16 heterocycles. The molecule has 6 unspecified atom stereocenters. The molecule has 34 heteroatoms. The zero-order valence-corrected chi connectivity index (χ0v) is 73.1. The largest absolute Gasteiger partial charge is 0.496 e. The van der Waals surface area contributed by atoms with E-state index in [1.165, 1.54) is 28.2 Å². The maximum atomic E-state index is 14.9. The summed E-state index contributed by atoms with van der Waals surface area (Å²) in [4.78, 5) is 38.1. The number of nitrogens with zero attached hydrogens (tertiary/aromatic N) is 14. The second kappa shape index (κ2) is 37.7. The van der Waals surface area contributed by atoms with Gasteiger partial charge in [-0.1, -0.05) is 76.6 Å². The zero-order valence-electron chi connectivity index (χ0n) is 71.5. The Hall–Kier alpha value is -11.3. The van der Waals surface area contributed by atoms with E-state index in [9.17, 15) is 39.5 Å². The van der Waals surface area contributed by atoms with Crippen molar-refractivity contribution in [1.29, 1.82) is 0 Å². The van der Waals surface area contributed by atoms with Crippen LogP contribution in [0.5, 0.6) is 0 Å². The van der Waals surface area contributed by atoms with E-state index in [0.717, 1.165) is 208 Å². The van der Waals surface area contributed by atoms with Crippen LogP contribution in [-0.4, -0.2) is 185 Å². The highest BCUT2D eigenvalue weighted by Crippen LogP contribution is 2.51. The van der Waals surface area contributed by atoms with E-state index in [2.05, 4.69) is 205 Å². The van der Waals surface area contributed by atoms with Crippen molar-refractivity contribution in [3.8, 4) is 56.0 Å².